The summed E-state index contributed by atoms with van der Waals surface area (Å²) in [6.07, 6.45) is 3.85. The first kappa shape index (κ1) is 13.2. The van der Waals surface area contributed by atoms with Gasteiger partial charge in [0.15, 0.2) is 23.6 Å². The van der Waals surface area contributed by atoms with Crippen LogP contribution < -0.4 is 5.32 Å². The van der Waals surface area contributed by atoms with Crippen molar-refractivity contribution in [3.63, 3.8) is 0 Å². The van der Waals surface area contributed by atoms with Gasteiger partial charge in [0.05, 0.1) is 24.9 Å². The zero-order valence-corrected chi connectivity index (χ0v) is 11.8. The third-order valence-electron chi connectivity index (χ3n) is 4.12. The van der Waals surface area contributed by atoms with E-state index in [1.807, 2.05) is 24.3 Å². The molecule has 0 bridgehead atoms. The number of rotatable bonds is 3. The average Bonchev–Trinajstić information content (AvgIpc) is 3.11. The minimum Gasteiger partial charge on any atom is -0.463 e. The second-order valence-electron chi connectivity index (χ2n) is 5.80. The third kappa shape index (κ3) is 2.31. The SMILES string of the molecule is CC(C)[C@@H]1C(=O)C[C@H](c2ccco2)[NH2+][C@@H]1c1ccco1. The van der Waals surface area contributed by atoms with Gasteiger partial charge in [0, 0.05) is 0 Å². The average molecular weight is 274 g/mol. The Morgan fingerprint density at radius 1 is 1.15 bits per heavy atom. The van der Waals surface area contributed by atoms with Crippen LogP contribution >= 0.6 is 0 Å². The minimum atomic E-state index is -0.00707. The molecule has 1 aliphatic heterocycles. The highest BCUT2D eigenvalue weighted by atomic mass is 16.3. The van der Waals surface area contributed by atoms with Gasteiger partial charge in [-0.2, -0.15) is 0 Å². The Balaban J connectivity index is 1.91. The minimum absolute atomic E-state index is 0.00707. The van der Waals surface area contributed by atoms with E-state index in [9.17, 15) is 4.79 Å². The first-order valence-electron chi connectivity index (χ1n) is 7.11. The number of carbonyl (C=O) groups excluding carboxylic acids is 1. The predicted octanol–water partition coefficient (Wildman–Crippen LogP) is 2.46. The Bertz CT molecular complexity index is 557. The first-order valence-corrected chi connectivity index (χ1v) is 7.11. The lowest BCUT2D eigenvalue weighted by Gasteiger charge is -2.33. The molecule has 0 unspecified atom stereocenters. The van der Waals surface area contributed by atoms with Crippen LogP contribution in [0.2, 0.25) is 0 Å². The van der Waals surface area contributed by atoms with E-state index in [1.54, 1.807) is 12.5 Å². The van der Waals surface area contributed by atoms with Crippen molar-refractivity contribution in [2.75, 3.05) is 0 Å². The summed E-state index contributed by atoms with van der Waals surface area (Å²) >= 11 is 0. The van der Waals surface area contributed by atoms with E-state index in [1.165, 1.54) is 0 Å². The molecule has 2 aromatic rings. The Hall–Kier alpha value is -1.81. The van der Waals surface area contributed by atoms with Crippen molar-refractivity contribution in [2.45, 2.75) is 32.4 Å². The lowest BCUT2D eigenvalue weighted by molar-refractivity contribution is -0.747. The predicted molar refractivity (Wildman–Crippen MR) is 72.8 cm³/mol. The highest BCUT2D eigenvalue weighted by Crippen LogP contribution is 2.33. The van der Waals surface area contributed by atoms with Gasteiger partial charge in [-0.15, -0.1) is 0 Å². The number of nitrogens with two attached hydrogens (primary N) is 1. The molecule has 0 aliphatic carbocycles. The molecule has 0 radical (unpaired) electrons. The van der Waals surface area contributed by atoms with E-state index in [0.29, 0.717) is 18.1 Å². The van der Waals surface area contributed by atoms with Crippen LogP contribution in [0, 0.1) is 11.8 Å². The van der Waals surface area contributed by atoms with Crippen molar-refractivity contribution in [1.82, 2.24) is 0 Å². The molecule has 2 aromatic heterocycles. The highest BCUT2D eigenvalue weighted by Gasteiger charge is 2.44. The van der Waals surface area contributed by atoms with Crippen LogP contribution in [0.5, 0.6) is 0 Å². The number of piperidine rings is 1. The van der Waals surface area contributed by atoms with Gasteiger partial charge < -0.3 is 14.2 Å². The van der Waals surface area contributed by atoms with Gasteiger partial charge >= 0.3 is 0 Å². The van der Waals surface area contributed by atoms with E-state index in [4.69, 9.17) is 8.83 Å². The van der Waals surface area contributed by atoms with Gasteiger partial charge in [-0.05, 0) is 30.2 Å². The summed E-state index contributed by atoms with van der Waals surface area (Å²) in [6, 6.07) is 7.70. The van der Waals surface area contributed by atoms with Crippen LogP contribution in [0.15, 0.2) is 45.6 Å². The molecule has 106 valence electrons. The monoisotopic (exact) mass is 274 g/mol. The molecule has 1 aliphatic rings. The fraction of sp³-hybridized carbons (Fsp3) is 0.438. The van der Waals surface area contributed by atoms with Crippen LogP contribution in [-0.2, 0) is 4.79 Å². The Morgan fingerprint density at radius 3 is 2.35 bits per heavy atom. The first-order chi connectivity index (χ1) is 9.66. The number of quaternary nitrogens is 1. The van der Waals surface area contributed by atoms with Crippen LogP contribution in [-0.4, -0.2) is 5.78 Å². The summed E-state index contributed by atoms with van der Waals surface area (Å²) in [6.45, 7) is 4.19. The Morgan fingerprint density at radius 2 is 1.80 bits per heavy atom. The topological polar surface area (TPSA) is 60.0 Å². The largest absolute Gasteiger partial charge is 0.463 e. The van der Waals surface area contributed by atoms with Crippen molar-refractivity contribution < 1.29 is 18.9 Å². The van der Waals surface area contributed by atoms with Gasteiger partial charge in [-0.3, -0.25) is 4.79 Å². The van der Waals surface area contributed by atoms with Crippen LogP contribution in [0.1, 0.15) is 43.9 Å². The highest BCUT2D eigenvalue weighted by molar-refractivity contribution is 5.83. The number of hydrogen-bond acceptors (Lipinski definition) is 3. The molecule has 0 aromatic carbocycles. The molecular formula is C16H20NO3+. The van der Waals surface area contributed by atoms with Crippen molar-refractivity contribution in [3.05, 3.63) is 48.3 Å². The molecular weight excluding hydrogens is 254 g/mol. The van der Waals surface area contributed by atoms with Gasteiger partial charge in [-0.25, -0.2) is 0 Å². The number of Topliss-reactive ketones (excluding diaryl/α,β-unsaturated/α-hetero) is 1. The van der Waals surface area contributed by atoms with E-state index in [0.717, 1.165) is 11.5 Å². The van der Waals surface area contributed by atoms with Crippen LogP contribution in [0.4, 0.5) is 0 Å². The third-order valence-corrected chi connectivity index (χ3v) is 4.12. The number of carbonyl (C=O) groups is 1. The fourth-order valence-electron chi connectivity index (χ4n) is 3.23. The lowest BCUT2D eigenvalue weighted by Crippen LogP contribution is -2.90. The molecule has 2 N–H and O–H groups in total. The van der Waals surface area contributed by atoms with Crippen molar-refractivity contribution >= 4 is 5.78 Å². The summed E-state index contributed by atoms with van der Waals surface area (Å²) in [4.78, 5) is 12.5. The number of hydrogen-bond donors (Lipinski definition) is 1. The quantitative estimate of drug-likeness (QED) is 0.935. The van der Waals surface area contributed by atoms with Gasteiger partial charge in [-0.1, -0.05) is 13.8 Å². The standard InChI is InChI=1S/C16H19NO3/c1-10(2)15-12(18)9-11(13-5-3-7-19-13)17-16(15)14-6-4-8-20-14/h3-8,10-11,15-17H,9H2,1-2H3/p+1/t11-,15-,16-/m1/s1. The summed E-state index contributed by atoms with van der Waals surface area (Å²) in [7, 11) is 0. The molecule has 3 atom stereocenters. The Labute approximate surface area is 118 Å². The number of ketones is 1. The Kier molecular flexibility index (Phi) is 3.49. The summed E-state index contributed by atoms with van der Waals surface area (Å²) < 4.78 is 11.0. The maximum Gasteiger partial charge on any atom is 0.161 e. The molecule has 1 fully saturated rings. The van der Waals surface area contributed by atoms with Crippen LogP contribution in [0.25, 0.3) is 0 Å². The lowest BCUT2D eigenvalue weighted by atomic mass is 9.77. The smallest absolute Gasteiger partial charge is 0.161 e. The summed E-state index contributed by atoms with van der Waals surface area (Å²) in [5.74, 6) is 2.31. The van der Waals surface area contributed by atoms with E-state index in [-0.39, 0.29) is 18.0 Å². The molecule has 0 spiro atoms. The molecule has 4 nitrogen and oxygen atoms in total. The van der Waals surface area contributed by atoms with Crippen LogP contribution in [0.3, 0.4) is 0 Å². The van der Waals surface area contributed by atoms with E-state index in [2.05, 4.69) is 19.2 Å². The zero-order chi connectivity index (χ0) is 14.1. The molecule has 1 saturated heterocycles. The van der Waals surface area contributed by atoms with Gasteiger partial charge in [0.2, 0.25) is 0 Å². The van der Waals surface area contributed by atoms with Gasteiger partial charge in [0.25, 0.3) is 0 Å². The number of furan rings is 2. The fourth-order valence-corrected chi connectivity index (χ4v) is 3.23. The second-order valence-corrected chi connectivity index (χ2v) is 5.80. The molecule has 4 heteroatoms. The van der Waals surface area contributed by atoms with Gasteiger partial charge in [0.1, 0.15) is 5.78 Å². The molecule has 3 heterocycles. The summed E-state index contributed by atoms with van der Waals surface area (Å²) in [5, 5.41) is 2.21. The maximum absolute atomic E-state index is 12.5. The second kappa shape index (κ2) is 5.29. The van der Waals surface area contributed by atoms with E-state index < -0.39 is 0 Å². The maximum atomic E-state index is 12.5. The normalized spacial score (nSPS) is 27.1. The van der Waals surface area contributed by atoms with Crippen molar-refractivity contribution in [3.8, 4) is 0 Å². The molecule has 20 heavy (non-hydrogen) atoms. The zero-order valence-electron chi connectivity index (χ0n) is 11.8. The molecule has 0 saturated carbocycles. The van der Waals surface area contributed by atoms with Crippen molar-refractivity contribution in [1.29, 1.82) is 0 Å². The molecule has 3 rings (SSSR count). The van der Waals surface area contributed by atoms with Crippen molar-refractivity contribution in [2.24, 2.45) is 11.8 Å². The molecule has 0 amide bonds. The van der Waals surface area contributed by atoms with E-state index >= 15 is 0 Å². The summed E-state index contributed by atoms with van der Waals surface area (Å²) in [5.41, 5.74) is 0.